The van der Waals surface area contributed by atoms with E-state index in [0.717, 1.165) is 5.57 Å². The van der Waals surface area contributed by atoms with Gasteiger partial charge in [-0.25, -0.2) is 4.79 Å². The van der Waals surface area contributed by atoms with Gasteiger partial charge in [0.15, 0.2) is 0 Å². The molecule has 0 aromatic heterocycles. The molecule has 7 heteroatoms. The normalized spacial score (nSPS) is 43.4. The highest BCUT2D eigenvalue weighted by atomic mass is 16.6. The van der Waals surface area contributed by atoms with Crippen LogP contribution >= 0.6 is 0 Å². The average Bonchev–Trinajstić information content (AvgIpc) is 2.84. The van der Waals surface area contributed by atoms with Crippen molar-refractivity contribution in [3.63, 3.8) is 0 Å². The number of esters is 3. The number of hydrogen-bond donors (Lipinski definition) is 1. The third-order valence-electron chi connectivity index (χ3n) is 6.84. The second kappa shape index (κ2) is 5.67. The smallest absolute Gasteiger partial charge is 0.331 e. The van der Waals surface area contributed by atoms with Crippen molar-refractivity contribution in [1.29, 1.82) is 0 Å². The second-order valence-corrected chi connectivity index (χ2v) is 8.59. The van der Waals surface area contributed by atoms with Gasteiger partial charge >= 0.3 is 17.9 Å². The first kappa shape index (κ1) is 18.2. The van der Waals surface area contributed by atoms with Crippen molar-refractivity contribution >= 4 is 17.9 Å². The highest BCUT2D eigenvalue weighted by Gasteiger charge is 2.67. The standard InChI is InChI=1S/C20H24O7/c1-9(17(23)25-4)15-11-5-13-16-19(2,12(11)6-14(22)27-15)7-10(21)8-20(16,3)18(24)26-13/h5-6,9-10,13,15-16,21H,7-8H2,1-4H3/t9-,10-,13+,15+,16+,19+,20-/m0/s1. The summed E-state index contributed by atoms with van der Waals surface area (Å²) in [5, 5.41) is 10.5. The number of carbonyl (C=O) groups excluding carboxylic acids is 3. The highest BCUT2D eigenvalue weighted by molar-refractivity contribution is 5.89. The summed E-state index contributed by atoms with van der Waals surface area (Å²) in [6.45, 7) is 5.43. The Morgan fingerprint density at radius 1 is 1.26 bits per heavy atom. The molecular formula is C20H24O7. The number of rotatable bonds is 2. The molecule has 2 aliphatic carbocycles. The molecule has 2 fully saturated rings. The zero-order chi connectivity index (χ0) is 19.7. The van der Waals surface area contributed by atoms with Crippen LogP contribution in [0.25, 0.3) is 0 Å². The maximum atomic E-state index is 12.6. The Morgan fingerprint density at radius 2 is 1.93 bits per heavy atom. The van der Waals surface area contributed by atoms with E-state index in [1.165, 1.54) is 13.2 Å². The van der Waals surface area contributed by atoms with Crippen LogP contribution in [0.4, 0.5) is 0 Å². The monoisotopic (exact) mass is 376 g/mol. The van der Waals surface area contributed by atoms with E-state index in [2.05, 4.69) is 0 Å². The molecule has 0 bridgehead atoms. The number of cyclic esters (lactones) is 1. The molecule has 27 heavy (non-hydrogen) atoms. The van der Waals surface area contributed by atoms with Gasteiger partial charge in [0.05, 0.1) is 24.5 Å². The van der Waals surface area contributed by atoms with Crippen LogP contribution in [0.2, 0.25) is 0 Å². The fourth-order valence-electron chi connectivity index (χ4n) is 5.79. The van der Waals surface area contributed by atoms with Crippen LogP contribution in [-0.2, 0) is 28.6 Å². The first-order chi connectivity index (χ1) is 12.6. The summed E-state index contributed by atoms with van der Waals surface area (Å²) in [4.78, 5) is 37.1. The minimum absolute atomic E-state index is 0.184. The fraction of sp³-hybridized carbons (Fsp3) is 0.650. The maximum absolute atomic E-state index is 12.6. The Kier molecular flexibility index (Phi) is 3.83. The van der Waals surface area contributed by atoms with E-state index in [-0.39, 0.29) is 11.9 Å². The molecule has 146 valence electrons. The van der Waals surface area contributed by atoms with E-state index in [1.807, 2.05) is 19.9 Å². The van der Waals surface area contributed by atoms with Gasteiger partial charge in [0.2, 0.25) is 0 Å². The molecule has 0 amide bonds. The molecule has 1 N–H and O–H groups in total. The first-order valence-electron chi connectivity index (χ1n) is 9.23. The Hall–Kier alpha value is -2.15. The summed E-state index contributed by atoms with van der Waals surface area (Å²) in [5.41, 5.74) is -0.0579. The Labute approximate surface area is 157 Å². The Morgan fingerprint density at radius 3 is 2.59 bits per heavy atom. The first-order valence-corrected chi connectivity index (χ1v) is 9.23. The summed E-state index contributed by atoms with van der Waals surface area (Å²) >= 11 is 0. The summed E-state index contributed by atoms with van der Waals surface area (Å²) in [5.74, 6) is -2.24. The van der Waals surface area contributed by atoms with Crippen molar-refractivity contribution in [2.45, 2.75) is 51.9 Å². The zero-order valence-corrected chi connectivity index (χ0v) is 15.9. The van der Waals surface area contributed by atoms with E-state index < -0.39 is 47.0 Å². The third-order valence-corrected chi connectivity index (χ3v) is 6.84. The van der Waals surface area contributed by atoms with Crippen LogP contribution < -0.4 is 0 Å². The predicted molar refractivity (Wildman–Crippen MR) is 92.1 cm³/mol. The minimum Gasteiger partial charge on any atom is -0.469 e. The number of ether oxygens (including phenoxy) is 3. The van der Waals surface area contributed by atoms with Crippen LogP contribution in [0.15, 0.2) is 23.3 Å². The van der Waals surface area contributed by atoms with Crippen molar-refractivity contribution < 1.29 is 33.7 Å². The molecule has 7 nitrogen and oxygen atoms in total. The number of hydrogen-bond acceptors (Lipinski definition) is 7. The lowest BCUT2D eigenvalue weighted by molar-refractivity contribution is -0.155. The number of carbonyl (C=O) groups is 3. The van der Waals surface area contributed by atoms with E-state index >= 15 is 0 Å². The third kappa shape index (κ3) is 2.33. The number of fused-ring (bicyclic) bond motifs is 2. The SMILES string of the molecule is COC(=O)[C@@H](C)[C@H]1OC(=O)C=C2C1=C[C@H]1OC(=O)[C@@]3(C)C[C@@H](O)C[C@@]2(C)[C@@H]13. The molecule has 2 aliphatic heterocycles. The van der Waals surface area contributed by atoms with Gasteiger partial charge in [0, 0.05) is 17.4 Å². The lowest BCUT2D eigenvalue weighted by atomic mass is 9.49. The van der Waals surface area contributed by atoms with Gasteiger partial charge in [-0.2, -0.15) is 0 Å². The van der Waals surface area contributed by atoms with Crippen molar-refractivity contribution in [1.82, 2.24) is 0 Å². The van der Waals surface area contributed by atoms with Crippen molar-refractivity contribution in [2.75, 3.05) is 7.11 Å². The Balaban J connectivity index is 1.87. The minimum atomic E-state index is -0.815. The van der Waals surface area contributed by atoms with Gasteiger partial charge in [-0.1, -0.05) is 6.92 Å². The largest absolute Gasteiger partial charge is 0.469 e. The molecule has 1 saturated carbocycles. The summed E-state index contributed by atoms with van der Waals surface area (Å²) < 4.78 is 16.0. The quantitative estimate of drug-likeness (QED) is 0.573. The molecule has 7 atom stereocenters. The number of aliphatic hydroxyl groups is 1. The summed E-state index contributed by atoms with van der Waals surface area (Å²) in [7, 11) is 1.29. The molecule has 0 spiro atoms. The molecular weight excluding hydrogens is 352 g/mol. The molecule has 2 heterocycles. The van der Waals surface area contributed by atoms with Gasteiger partial charge in [-0.05, 0) is 43.9 Å². The van der Waals surface area contributed by atoms with Gasteiger partial charge in [0.25, 0.3) is 0 Å². The molecule has 4 aliphatic rings. The van der Waals surface area contributed by atoms with Crippen molar-refractivity contribution in [3.05, 3.63) is 23.3 Å². The predicted octanol–water partition coefficient (Wildman–Crippen LogP) is 1.30. The van der Waals surface area contributed by atoms with E-state index in [1.54, 1.807) is 6.92 Å². The molecule has 0 aromatic carbocycles. The maximum Gasteiger partial charge on any atom is 0.331 e. The van der Waals surface area contributed by atoms with E-state index in [9.17, 15) is 19.5 Å². The van der Waals surface area contributed by atoms with Crippen molar-refractivity contribution in [3.8, 4) is 0 Å². The number of aliphatic hydroxyl groups excluding tert-OH is 1. The van der Waals surface area contributed by atoms with E-state index in [4.69, 9.17) is 14.2 Å². The van der Waals surface area contributed by atoms with Gasteiger partial charge in [-0.15, -0.1) is 0 Å². The van der Waals surface area contributed by atoms with Crippen LogP contribution in [0.1, 0.15) is 33.6 Å². The van der Waals surface area contributed by atoms with Gasteiger partial charge in [-0.3, -0.25) is 9.59 Å². The van der Waals surface area contributed by atoms with Crippen LogP contribution in [0.5, 0.6) is 0 Å². The van der Waals surface area contributed by atoms with Crippen LogP contribution in [-0.4, -0.2) is 48.4 Å². The van der Waals surface area contributed by atoms with Gasteiger partial charge in [0.1, 0.15) is 12.2 Å². The molecule has 4 rings (SSSR count). The lowest BCUT2D eigenvalue weighted by Gasteiger charge is -2.54. The summed E-state index contributed by atoms with van der Waals surface area (Å²) in [6.07, 6.45) is 2.03. The molecule has 0 radical (unpaired) electrons. The molecule has 0 unspecified atom stereocenters. The zero-order valence-electron chi connectivity index (χ0n) is 15.9. The molecule has 1 saturated heterocycles. The second-order valence-electron chi connectivity index (χ2n) is 8.59. The topological polar surface area (TPSA) is 99.1 Å². The number of methoxy groups -OCH3 is 1. The Bertz CT molecular complexity index is 796. The fourth-order valence-corrected chi connectivity index (χ4v) is 5.79. The molecule has 0 aromatic rings. The van der Waals surface area contributed by atoms with Crippen molar-refractivity contribution in [2.24, 2.45) is 22.7 Å². The average molecular weight is 376 g/mol. The van der Waals surface area contributed by atoms with Gasteiger partial charge < -0.3 is 19.3 Å². The lowest BCUT2D eigenvalue weighted by Crippen LogP contribution is -2.55. The van der Waals surface area contributed by atoms with E-state index in [0.29, 0.717) is 18.4 Å². The van der Waals surface area contributed by atoms with Crippen LogP contribution in [0.3, 0.4) is 0 Å². The highest BCUT2D eigenvalue weighted by Crippen LogP contribution is 2.64. The summed E-state index contributed by atoms with van der Waals surface area (Å²) in [6, 6.07) is 0. The van der Waals surface area contributed by atoms with Crippen LogP contribution in [0, 0.1) is 22.7 Å².